The number of ether oxygens (including phenoxy) is 3. The standard InChI is InChI=1S/C29H35BrN2O6/c1-19(2)10-15-38-23-9-6-21(18-24(23)36-3)26-25(27(33)20-4-7-22(30)8-5-20)28(34)29(35)32(26)12-11-31-13-16-37-17-14-31/h4-9,18-19,26,33H,10-17H2,1-3H3. The maximum absolute atomic E-state index is 13.4. The maximum atomic E-state index is 13.4. The number of nitrogens with zero attached hydrogens (tertiary/aromatic N) is 2. The highest BCUT2D eigenvalue weighted by Gasteiger charge is 2.46. The Balaban J connectivity index is 1.72. The Kier molecular flexibility index (Phi) is 9.46. The van der Waals surface area contributed by atoms with Crippen molar-refractivity contribution >= 4 is 33.4 Å². The van der Waals surface area contributed by atoms with Gasteiger partial charge in [-0.25, -0.2) is 0 Å². The van der Waals surface area contributed by atoms with Crippen molar-refractivity contribution in [1.82, 2.24) is 9.80 Å². The second-order valence-electron chi connectivity index (χ2n) is 9.89. The molecule has 38 heavy (non-hydrogen) atoms. The van der Waals surface area contributed by atoms with Crippen LogP contribution in [0, 0.1) is 5.92 Å². The van der Waals surface area contributed by atoms with Crippen LogP contribution in [0.5, 0.6) is 11.5 Å². The third-order valence-electron chi connectivity index (χ3n) is 6.87. The van der Waals surface area contributed by atoms with Gasteiger partial charge in [-0.3, -0.25) is 14.5 Å². The first-order chi connectivity index (χ1) is 18.3. The zero-order valence-electron chi connectivity index (χ0n) is 22.1. The summed E-state index contributed by atoms with van der Waals surface area (Å²) in [5, 5.41) is 11.3. The Bertz CT molecular complexity index is 1170. The van der Waals surface area contributed by atoms with Crippen LogP contribution in [-0.2, 0) is 14.3 Å². The molecule has 2 saturated heterocycles. The molecule has 2 fully saturated rings. The molecule has 2 aliphatic rings. The summed E-state index contributed by atoms with van der Waals surface area (Å²) in [5.41, 5.74) is 1.19. The van der Waals surface area contributed by atoms with Crippen LogP contribution in [-0.4, -0.2) is 79.7 Å². The van der Waals surface area contributed by atoms with Crippen LogP contribution in [0.4, 0.5) is 0 Å². The highest BCUT2D eigenvalue weighted by Crippen LogP contribution is 2.42. The number of hydrogen-bond donors (Lipinski definition) is 1. The quantitative estimate of drug-likeness (QED) is 0.246. The van der Waals surface area contributed by atoms with Crippen molar-refractivity contribution in [3.8, 4) is 11.5 Å². The number of Topliss-reactive ketones (excluding diaryl/α,β-unsaturated/α-hetero) is 1. The average molecular weight is 588 g/mol. The summed E-state index contributed by atoms with van der Waals surface area (Å²) < 4.78 is 17.9. The molecule has 1 atom stereocenters. The molecular formula is C29H35BrN2O6. The van der Waals surface area contributed by atoms with Crippen molar-refractivity contribution in [1.29, 1.82) is 0 Å². The highest BCUT2D eigenvalue weighted by atomic mass is 79.9. The van der Waals surface area contributed by atoms with E-state index in [1.54, 1.807) is 48.4 Å². The fourth-order valence-electron chi connectivity index (χ4n) is 4.67. The van der Waals surface area contributed by atoms with Crippen LogP contribution in [0.25, 0.3) is 5.76 Å². The molecule has 4 rings (SSSR count). The van der Waals surface area contributed by atoms with Crippen LogP contribution in [0.2, 0.25) is 0 Å². The van der Waals surface area contributed by atoms with Crippen molar-refractivity contribution < 1.29 is 28.9 Å². The molecule has 0 bridgehead atoms. The Morgan fingerprint density at radius 2 is 1.79 bits per heavy atom. The van der Waals surface area contributed by atoms with Gasteiger partial charge in [0.15, 0.2) is 11.5 Å². The number of ketones is 1. The molecule has 0 radical (unpaired) electrons. The van der Waals surface area contributed by atoms with E-state index in [0.29, 0.717) is 61.5 Å². The zero-order chi connectivity index (χ0) is 27.2. The first kappa shape index (κ1) is 28.1. The smallest absolute Gasteiger partial charge is 0.295 e. The van der Waals surface area contributed by atoms with Crippen molar-refractivity contribution in [2.24, 2.45) is 5.92 Å². The van der Waals surface area contributed by atoms with Gasteiger partial charge in [0.25, 0.3) is 11.7 Å². The average Bonchev–Trinajstić information content (AvgIpc) is 3.17. The van der Waals surface area contributed by atoms with E-state index in [0.717, 1.165) is 24.0 Å². The normalized spacial score (nSPS) is 19.8. The third kappa shape index (κ3) is 6.39. The van der Waals surface area contributed by atoms with Gasteiger partial charge < -0.3 is 24.2 Å². The summed E-state index contributed by atoms with van der Waals surface area (Å²) in [6.07, 6.45) is 0.903. The van der Waals surface area contributed by atoms with E-state index in [9.17, 15) is 14.7 Å². The van der Waals surface area contributed by atoms with E-state index in [2.05, 4.69) is 34.7 Å². The topological polar surface area (TPSA) is 88.5 Å². The molecule has 1 amide bonds. The highest BCUT2D eigenvalue weighted by molar-refractivity contribution is 9.10. The molecule has 2 aromatic carbocycles. The molecule has 0 spiro atoms. The number of rotatable bonds is 10. The molecule has 0 saturated carbocycles. The maximum Gasteiger partial charge on any atom is 0.295 e. The van der Waals surface area contributed by atoms with E-state index in [1.807, 2.05) is 6.07 Å². The predicted molar refractivity (Wildman–Crippen MR) is 148 cm³/mol. The number of benzene rings is 2. The van der Waals surface area contributed by atoms with Gasteiger partial charge in [-0.15, -0.1) is 0 Å². The number of morpholine rings is 1. The molecular weight excluding hydrogens is 552 g/mol. The van der Waals surface area contributed by atoms with Crippen LogP contribution in [0.1, 0.15) is 37.4 Å². The zero-order valence-corrected chi connectivity index (χ0v) is 23.7. The van der Waals surface area contributed by atoms with E-state index >= 15 is 0 Å². The van der Waals surface area contributed by atoms with Gasteiger partial charge in [0.05, 0.1) is 38.5 Å². The van der Waals surface area contributed by atoms with Gasteiger partial charge in [0.1, 0.15) is 5.76 Å². The predicted octanol–water partition coefficient (Wildman–Crippen LogP) is 4.64. The fraction of sp³-hybridized carbons (Fsp3) is 0.448. The van der Waals surface area contributed by atoms with E-state index in [4.69, 9.17) is 14.2 Å². The van der Waals surface area contributed by atoms with Gasteiger partial charge >= 0.3 is 0 Å². The summed E-state index contributed by atoms with van der Waals surface area (Å²) in [4.78, 5) is 30.4. The van der Waals surface area contributed by atoms with Crippen LogP contribution >= 0.6 is 15.9 Å². The summed E-state index contributed by atoms with van der Waals surface area (Å²) in [5.74, 6) is 0.0755. The lowest BCUT2D eigenvalue weighted by Crippen LogP contribution is -2.42. The van der Waals surface area contributed by atoms with Crippen LogP contribution in [0.3, 0.4) is 0 Å². The molecule has 0 aliphatic carbocycles. The number of methoxy groups -OCH3 is 1. The fourth-order valence-corrected chi connectivity index (χ4v) is 4.94. The van der Waals surface area contributed by atoms with E-state index in [1.165, 1.54) is 0 Å². The van der Waals surface area contributed by atoms with Gasteiger partial charge in [0, 0.05) is 36.2 Å². The molecule has 2 heterocycles. The third-order valence-corrected chi connectivity index (χ3v) is 7.40. The molecule has 9 heteroatoms. The first-order valence-electron chi connectivity index (χ1n) is 12.9. The summed E-state index contributed by atoms with van der Waals surface area (Å²) in [6, 6.07) is 11.6. The number of hydrogen-bond acceptors (Lipinski definition) is 7. The van der Waals surface area contributed by atoms with Crippen LogP contribution in [0.15, 0.2) is 52.5 Å². The number of amides is 1. The van der Waals surface area contributed by atoms with E-state index in [-0.39, 0.29) is 11.3 Å². The number of carbonyl (C=O) groups excluding carboxylic acids is 2. The summed E-state index contributed by atoms with van der Waals surface area (Å²) in [6.45, 7) is 8.56. The van der Waals surface area contributed by atoms with Crippen molar-refractivity contribution in [3.05, 3.63) is 63.6 Å². The summed E-state index contributed by atoms with van der Waals surface area (Å²) in [7, 11) is 1.56. The van der Waals surface area contributed by atoms with E-state index < -0.39 is 17.7 Å². The van der Waals surface area contributed by atoms with Gasteiger partial charge in [-0.1, -0.05) is 48.0 Å². The first-order valence-corrected chi connectivity index (χ1v) is 13.7. The lowest BCUT2D eigenvalue weighted by molar-refractivity contribution is -0.140. The molecule has 204 valence electrons. The Labute approximate surface area is 232 Å². The Morgan fingerprint density at radius 3 is 2.45 bits per heavy atom. The molecule has 0 aromatic heterocycles. The second-order valence-corrected chi connectivity index (χ2v) is 10.8. The number of halogens is 1. The van der Waals surface area contributed by atoms with Crippen LogP contribution < -0.4 is 9.47 Å². The molecule has 1 N–H and O–H groups in total. The Hall–Kier alpha value is -2.88. The Morgan fingerprint density at radius 1 is 1.08 bits per heavy atom. The summed E-state index contributed by atoms with van der Waals surface area (Å²) >= 11 is 3.40. The lowest BCUT2D eigenvalue weighted by Gasteiger charge is -2.31. The molecule has 2 aliphatic heterocycles. The lowest BCUT2D eigenvalue weighted by atomic mass is 9.95. The second kappa shape index (κ2) is 12.8. The van der Waals surface area contributed by atoms with Crippen molar-refractivity contribution in [2.45, 2.75) is 26.3 Å². The molecule has 1 unspecified atom stereocenters. The monoisotopic (exact) mass is 586 g/mol. The van der Waals surface area contributed by atoms with Crippen molar-refractivity contribution in [2.75, 3.05) is 53.1 Å². The number of carbonyl (C=O) groups is 2. The van der Waals surface area contributed by atoms with Gasteiger partial charge in [0.2, 0.25) is 0 Å². The minimum absolute atomic E-state index is 0.0647. The molecule has 2 aromatic rings. The molecule has 8 nitrogen and oxygen atoms in total. The number of aliphatic hydroxyl groups excluding tert-OH is 1. The van der Waals surface area contributed by atoms with Gasteiger partial charge in [-0.2, -0.15) is 0 Å². The van der Waals surface area contributed by atoms with Crippen molar-refractivity contribution in [3.63, 3.8) is 0 Å². The number of likely N-dealkylation sites (tertiary alicyclic amines) is 1. The largest absolute Gasteiger partial charge is 0.507 e. The SMILES string of the molecule is COc1cc(C2C(=C(O)c3ccc(Br)cc3)C(=O)C(=O)N2CCN2CCOCC2)ccc1OCCC(C)C. The number of aliphatic hydroxyl groups is 1. The van der Waals surface area contributed by atoms with Gasteiger partial charge in [-0.05, 0) is 42.2 Å². The minimum atomic E-state index is -0.765. The minimum Gasteiger partial charge on any atom is -0.507 e.